The number of benzene rings is 1. The summed E-state index contributed by atoms with van der Waals surface area (Å²) >= 11 is 0. The van der Waals surface area contributed by atoms with Gasteiger partial charge in [-0.05, 0) is 49.1 Å². The Kier molecular flexibility index (Phi) is 5.13. The molecule has 4 rings (SSSR count). The molecule has 0 N–H and O–H groups in total. The third kappa shape index (κ3) is 3.65. The lowest BCUT2D eigenvalue weighted by molar-refractivity contribution is -0.384. The highest BCUT2D eigenvalue weighted by molar-refractivity contribution is 7.89. The zero-order valence-electron chi connectivity index (χ0n) is 15.7. The third-order valence-electron chi connectivity index (χ3n) is 6.60. The van der Waals surface area contributed by atoms with Crippen LogP contribution in [0.5, 0.6) is 0 Å². The summed E-state index contributed by atoms with van der Waals surface area (Å²) in [7, 11) is -3.71. The summed E-state index contributed by atoms with van der Waals surface area (Å²) in [6.07, 6.45) is 5.61. The normalized spacial score (nSPS) is 27.9. The van der Waals surface area contributed by atoms with Crippen molar-refractivity contribution in [3.63, 3.8) is 0 Å². The molecule has 0 unspecified atom stereocenters. The third-order valence-corrected chi connectivity index (χ3v) is 8.51. The summed E-state index contributed by atoms with van der Waals surface area (Å²) in [4.78, 5) is 24.7. The number of fused-ring (bicyclic) bond motifs is 2. The number of sulfonamides is 1. The summed E-state index contributed by atoms with van der Waals surface area (Å²) in [6, 6.07) is 4.92. The SMILES string of the molecule is O=C(C[C@@H]1C[C@@H]2CC[C@@H]1C2)N1CCN(S(=O)(=O)c2ccc([N+](=O)[O-])cc2)CC1. The topological polar surface area (TPSA) is 101 Å². The van der Waals surface area contributed by atoms with Crippen LogP contribution in [0.1, 0.15) is 32.1 Å². The lowest BCUT2D eigenvalue weighted by atomic mass is 9.86. The second-order valence-corrected chi connectivity index (χ2v) is 10.1. The minimum absolute atomic E-state index is 0.0415. The van der Waals surface area contributed by atoms with Crippen molar-refractivity contribution in [1.82, 2.24) is 9.21 Å². The molecule has 3 fully saturated rings. The molecule has 2 aliphatic carbocycles. The number of nitro benzene ring substituents is 1. The van der Waals surface area contributed by atoms with Crippen LogP contribution in [0.4, 0.5) is 5.69 Å². The minimum atomic E-state index is -3.71. The van der Waals surface area contributed by atoms with Gasteiger partial charge in [-0.3, -0.25) is 14.9 Å². The van der Waals surface area contributed by atoms with Crippen LogP contribution in [0.15, 0.2) is 29.2 Å². The van der Waals surface area contributed by atoms with Gasteiger partial charge in [0.2, 0.25) is 15.9 Å². The van der Waals surface area contributed by atoms with Crippen molar-refractivity contribution in [3.05, 3.63) is 34.4 Å². The van der Waals surface area contributed by atoms with Gasteiger partial charge in [0.1, 0.15) is 0 Å². The highest BCUT2D eigenvalue weighted by Gasteiger charge is 2.41. The van der Waals surface area contributed by atoms with E-state index in [0.29, 0.717) is 31.3 Å². The van der Waals surface area contributed by atoms with E-state index in [0.717, 1.165) is 5.92 Å². The van der Waals surface area contributed by atoms with E-state index in [1.807, 2.05) is 0 Å². The Hall–Kier alpha value is -2.00. The smallest absolute Gasteiger partial charge is 0.269 e. The fourth-order valence-corrected chi connectivity index (χ4v) is 6.47. The second-order valence-electron chi connectivity index (χ2n) is 8.17. The largest absolute Gasteiger partial charge is 0.340 e. The van der Waals surface area contributed by atoms with E-state index in [9.17, 15) is 23.3 Å². The summed E-state index contributed by atoms with van der Waals surface area (Å²) in [5.74, 6) is 2.17. The van der Waals surface area contributed by atoms with Gasteiger partial charge in [-0.15, -0.1) is 0 Å². The number of non-ortho nitro benzene ring substituents is 1. The quantitative estimate of drug-likeness (QED) is 0.550. The fraction of sp³-hybridized carbons (Fsp3) is 0.632. The van der Waals surface area contributed by atoms with Crippen LogP contribution in [-0.4, -0.2) is 54.6 Å². The molecule has 1 heterocycles. The molecule has 9 heteroatoms. The Morgan fingerprint density at radius 1 is 1.07 bits per heavy atom. The Bertz CT molecular complexity index is 862. The molecule has 2 saturated carbocycles. The summed E-state index contributed by atoms with van der Waals surface area (Å²) in [5.41, 5.74) is -0.144. The first kappa shape index (κ1) is 19.3. The lowest BCUT2D eigenvalue weighted by Crippen LogP contribution is -2.50. The van der Waals surface area contributed by atoms with E-state index in [1.54, 1.807) is 4.90 Å². The maximum atomic E-state index is 12.8. The molecule has 3 aliphatic rings. The van der Waals surface area contributed by atoms with Gasteiger partial charge in [0.05, 0.1) is 9.82 Å². The molecule has 1 amide bonds. The first-order chi connectivity index (χ1) is 13.3. The summed E-state index contributed by atoms with van der Waals surface area (Å²) < 4.78 is 26.9. The fourth-order valence-electron chi connectivity index (χ4n) is 5.05. The van der Waals surface area contributed by atoms with E-state index in [4.69, 9.17) is 0 Å². The van der Waals surface area contributed by atoms with Crippen LogP contribution in [0.3, 0.4) is 0 Å². The number of hydrogen-bond donors (Lipinski definition) is 0. The van der Waals surface area contributed by atoms with E-state index in [-0.39, 0.29) is 29.6 Å². The first-order valence-electron chi connectivity index (χ1n) is 9.87. The van der Waals surface area contributed by atoms with Gasteiger partial charge in [0.15, 0.2) is 0 Å². The van der Waals surface area contributed by atoms with Gasteiger partial charge in [0, 0.05) is 44.7 Å². The maximum absolute atomic E-state index is 12.8. The number of hydrogen-bond acceptors (Lipinski definition) is 5. The van der Waals surface area contributed by atoms with Crippen molar-refractivity contribution in [2.75, 3.05) is 26.2 Å². The molecule has 8 nitrogen and oxygen atoms in total. The van der Waals surface area contributed by atoms with Gasteiger partial charge in [-0.2, -0.15) is 4.31 Å². The molecule has 2 bridgehead atoms. The van der Waals surface area contributed by atoms with Crippen LogP contribution in [0.25, 0.3) is 0 Å². The summed E-state index contributed by atoms with van der Waals surface area (Å²) in [5, 5.41) is 10.7. The Labute approximate surface area is 164 Å². The predicted molar refractivity (Wildman–Crippen MR) is 102 cm³/mol. The monoisotopic (exact) mass is 407 g/mol. The standard InChI is InChI=1S/C19H25N3O5S/c23-19(13-16-12-14-1-2-15(16)11-14)20-7-9-21(10-8-20)28(26,27)18-5-3-17(4-6-18)22(24)25/h3-6,14-16H,1-2,7-13H2/t14-,15-,16+/m1/s1. The van der Waals surface area contributed by atoms with Gasteiger partial charge in [-0.25, -0.2) is 8.42 Å². The zero-order chi connectivity index (χ0) is 19.9. The van der Waals surface area contributed by atoms with E-state index in [2.05, 4.69) is 0 Å². The molecule has 1 aliphatic heterocycles. The molecule has 0 spiro atoms. The van der Waals surface area contributed by atoms with Gasteiger partial charge in [-0.1, -0.05) is 6.42 Å². The molecule has 1 saturated heterocycles. The maximum Gasteiger partial charge on any atom is 0.269 e. The molecular weight excluding hydrogens is 382 g/mol. The summed E-state index contributed by atoms with van der Waals surface area (Å²) in [6.45, 7) is 1.29. The van der Waals surface area contributed by atoms with Crippen LogP contribution in [0, 0.1) is 27.9 Å². The molecule has 28 heavy (non-hydrogen) atoms. The molecule has 3 atom stereocenters. The first-order valence-corrected chi connectivity index (χ1v) is 11.3. The van der Waals surface area contributed by atoms with Gasteiger partial charge >= 0.3 is 0 Å². The van der Waals surface area contributed by atoms with E-state index < -0.39 is 14.9 Å². The molecule has 152 valence electrons. The number of carbonyl (C=O) groups excluding carboxylic acids is 1. The van der Waals surface area contributed by atoms with Crippen molar-refractivity contribution in [2.45, 2.75) is 37.0 Å². The van der Waals surface area contributed by atoms with E-state index in [1.165, 1.54) is 54.3 Å². The average molecular weight is 407 g/mol. The molecule has 1 aromatic rings. The van der Waals surface area contributed by atoms with Crippen molar-refractivity contribution in [1.29, 1.82) is 0 Å². The molecule has 0 aromatic heterocycles. The van der Waals surface area contributed by atoms with Gasteiger partial charge < -0.3 is 4.90 Å². The number of rotatable bonds is 5. The average Bonchev–Trinajstić information content (AvgIpc) is 3.31. The second kappa shape index (κ2) is 7.44. The predicted octanol–water partition coefficient (Wildman–Crippen LogP) is 2.25. The number of nitro groups is 1. The van der Waals surface area contributed by atoms with Crippen LogP contribution < -0.4 is 0 Å². The van der Waals surface area contributed by atoms with Crippen LogP contribution in [-0.2, 0) is 14.8 Å². The van der Waals surface area contributed by atoms with Crippen LogP contribution in [0.2, 0.25) is 0 Å². The number of amides is 1. The van der Waals surface area contributed by atoms with Crippen molar-refractivity contribution < 1.29 is 18.1 Å². The van der Waals surface area contributed by atoms with Gasteiger partial charge in [0.25, 0.3) is 5.69 Å². The molecule has 0 radical (unpaired) electrons. The van der Waals surface area contributed by atoms with Crippen LogP contribution >= 0.6 is 0 Å². The van der Waals surface area contributed by atoms with Crippen molar-refractivity contribution in [2.24, 2.45) is 17.8 Å². The zero-order valence-corrected chi connectivity index (χ0v) is 16.5. The number of piperazine rings is 1. The Balaban J connectivity index is 1.34. The number of carbonyl (C=O) groups is 1. The molecule has 1 aromatic carbocycles. The minimum Gasteiger partial charge on any atom is -0.340 e. The highest BCUT2D eigenvalue weighted by Crippen LogP contribution is 2.49. The van der Waals surface area contributed by atoms with E-state index >= 15 is 0 Å². The number of nitrogens with zero attached hydrogens (tertiary/aromatic N) is 3. The Morgan fingerprint density at radius 2 is 1.75 bits per heavy atom. The lowest BCUT2D eigenvalue weighted by Gasteiger charge is -2.35. The van der Waals surface area contributed by atoms with Crippen molar-refractivity contribution >= 4 is 21.6 Å². The highest BCUT2D eigenvalue weighted by atomic mass is 32.2. The Morgan fingerprint density at radius 3 is 2.29 bits per heavy atom. The van der Waals surface area contributed by atoms with Crippen molar-refractivity contribution in [3.8, 4) is 0 Å². The molecular formula is C19H25N3O5S.